The summed E-state index contributed by atoms with van der Waals surface area (Å²) >= 11 is 1.01. The molecule has 1 aromatic heterocycles. The molecule has 0 aliphatic carbocycles. The van der Waals surface area contributed by atoms with Gasteiger partial charge in [0.2, 0.25) is 0 Å². The molecule has 0 bridgehead atoms. The van der Waals surface area contributed by atoms with Gasteiger partial charge in [-0.1, -0.05) is 36.0 Å². The van der Waals surface area contributed by atoms with Crippen molar-refractivity contribution in [1.29, 1.82) is 0 Å². The third-order valence-electron chi connectivity index (χ3n) is 2.24. The number of carbonyl (C=O) groups is 1. The number of rotatable bonds is 4. The lowest BCUT2D eigenvalue weighted by molar-refractivity contribution is -0.137. The van der Waals surface area contributed by atoms with E-state index in [-0.39, 0.29) is 6.54 Å². The maximum atomic E-state index is 12.4. The molecule has 1 N–H and O–H groups in total. The Morgan fingerprint density at radius 1 is 1.44 bits per heavy atom. The van der Waals surface area contributed by atoms with Crippen LogP contribution in [0.25, 0.3) is 10.8 Å². The highest BCUT2D eigenvalue weighted by molar-refractivity contribution is 7.99. The highest BCUT2D eigenvalue weighted by Gasteiger charge is 2.11. The van der Waals surface area contributed by atoms with Crippen LogP contribution in [0, 0.1) is 0 Å². The summed E-state index contributed by atoms with van der Waals surface area (Å²) in [5.74, 6) is -0.930. The van der Waals surface area contributed by atoms with Crippen molar-refractivity contribution in [2.45, 2.75) is 11.6 Å². The first-order chi connectivity index (χ1) is 7.72. The van der Waals surface area contributed by atoms with E-state index in [0.29, 0.717) is 5.03 Å². The molecule has 0 unspecified atom stereocenters. The predicted molar refractivity (Wildman–Crippen MR) is 61.4 cm³/mol. The number of fused-ring (bicyclic) bond motifs is 1. The van der Waals surface area contributed by atoms with Crippen LogP contribution >= 0.6 is 11.8 Å². The molecule has 0 atom stereocenters. The van der Waals surface area contributed by atoms with Crippen molar-refractivity contribution in [2.75, 3.05) is 6.01 Å². The standard InChI is InChI=1S/C11H10FNO2S/c12-7-16-11-9-4-2-1-3-8(9)5-13(11)6-10(14)15/h1-5H,6-7H2,(H,14,15). The SMILES string of the molecule is O=C(O)Cn1cc2ccccc2c1SCF. The Hall–Kier alpha value is -1.49. The van der Waals surface area contributed by atoms with E-state index in [1.54, 1.807) is 10.8 Å². The monoisotopic (exact) mass is 239 g/mol. The fourth-order valence-corrected chi connectivity index (χ4v) is 2.39. The van der Waals surface area contributed by atoms with Crippen molar-refractivity contribution in [3.63, 3.8) is 0 Å². The molecule has 0 radical (unpaired) electrons. The number of carboxylic acids is 1. The third-order valence-corrected chi connectivity index (χ3v) is 3.08. The number of halogens is 1. The maximum Gasteiger partial charge on any atom is 0.323 e. The molecular formula is C11H10FNO2S. The largest absolute Gasteiger partial charge is 0.480 e. The minimum atomic E-state index is -0.930. The van der Waals surface area contributed by atoms with E-state index in [9.17, 15) is 9.18 Å². The summed E-state index contributed by atoms with van der Waals surface area (Å²) in [6.45, 7) is -0.142. The zero-order valence-corrected chi connectivity index (χ0v) is 9.21. The van der Waals surface area contributed by atoms with Crippen molar-refractivity contribution in [2.24, 2.45) is 0 Å². The second-order valence-corrected chi connectivity index (χ2v) is 4.19. The van der Waals surface area contributed by atoms with E-state index >= 15 is 0 Å². The first-order valence-corrected chi connectivity index (χ1v) is 5.69. The average Bonchev–Trinajstić information content (AvgIpc) is 2.57. The summed E-state index contributed by atoms with van der Waals surface area (Å²) in [7, 11) is 0. The first kappa shape index (κ1) is 11.0. The van der Waals surface area contributed by atoms with Crippen LogP contribution < -0.4 is 0 Å². The number of carboxylic acid groups (broad SMARTS) is 1. The molecule has 0 amide bonds. The highest BCUT2D eigenvalue weighted by Crippen LogP contribution is 2.29. The van der Waals surface area contributed by atoms with Gasteiger partial charge >= 0.3 is 5.97 Å². The number of benzene rings is 1. The molecule has 1 aromatic carbocycles. The lowest BCUT2D eigenvalue weighted by Gasteiger charge is -2.03. The number of hydrogen-bond acceptors (Lipinski definition) is 2. The molecule has 5 heteroatoms. The molecule has 3 nitrogen and oxygen atoms in total. The van der Waals surface area contributed by atoms with Gasteiger partial charge in [0.25, 0.3) is 0 Å². The summed E-state index contributed by atoms with van der Waals surface area (Å²) in [5.41, 5.74) is 0. The van der Waals surface area contributed by atoms with Crippen LogP contribution in [0.3, 0.4) is 0 Å². The summed E-state index contributed by atoms with van der Waals surface area (Å²) in [6, 6.07) is 6.92. The maximum absolute atomic E-state index is 12.4. The van der Waals surface area contributed by atoms with Gasteiger partial charge < -0.3 is 9.67 Å². The molecule has 0 aliphatic rings. The number of nitrogens with zero attached hydrogens (tertiary/aromatic N) is 1. The fraction of sp³-hybridized carbons (Fsp3) is 0.182. The van der Waals surface area contributed by atoms with Crippen LogP contribution in [0.5, 0.6) is 0 Å². The fourth-order valence-electron chi connectivity index (χ4n) is 1.66. The lowest BCUT2D eigenvalue weighted by atomic mass is 10.2. The molecule has 0 saturated carbocycles. The van der Waals surface area contributed by atoms with Gasteiger partial charge in [-0.25, -0.2) is 4.39 Å². The number of aliphatic carboxylic acids is 1. The lowest BCUT2D eigenvalue weighted by Crippen LogP contribution is -2.08. The minimum Gasteiger partial charge on any atom is -0.480 e. The number of thioether (sulfide) groups is 1. The van der Waals surface area contributed by atoms with Crippen LogP contribution in [0.15, 0.2) is 35.5 Å². The summed E-state index contributed by atoms with van der Waals surface area (Å²) in [6.07, 6.45) is 1.74. The Morgan fingerprint density at radius 3 is 2.88 bits per heavy atom. The van der Waals surface area contributed by atoms with Crippen molar-refractivity contribution >= 4 is 28.5 Å². The smallest absolute Gasteiger partial charge is 0.323 e. The first-order valence-electron chi connectivity index (χ1n) is 4.71. The van der Waals surface area contributed by atoms with Crippen LogP contribution in [-0.2, 0) is 11.3 Å². The number of alkyl halides is 1. The quantitative estimate of drug-likeness (QED) is 0.834. The molecule has 2 aromatic rings. The Kier molecular flexibility index (Phi) is 3.14. The Balaban J connectivity index is 2.53. The van der Waals surface area contributed by atoms with E-state index in [0.717, 1.165) is 22.5 Å². The van der Waals surface area contributed by atoms with Gasteiger partial charge in [-0.2, -0.15) is 0 Å². The van der Waals surface area contributed by atoms with Gasteiger partial charge in [0, 0.05) is 17.0 Å². The second-order valence-electron chi connectivity index (χ2n) is 3.30. The zero-order valence-electron chi connectivity index (χ0n) is 8.39. The van der Waals surface area contributed by atoms with Crippen molar-refractivity contribution < 1.29 is 14.3 Å². The Morgan fingerprint density at radius 2 is 2.19 bits per heavy atom. The Bertz CT molecular complexity index is 524. The van der Waals surface area contributed by atoms with E-state index in [1.807, 2.05) is 24.3 Å². The van der Waals surface area contributed by atoms with Gasteiger partial charge in [0.1, 0.15) is 12.6 Å². The molecule has 1 heterocycles. The number of hydrogen-bond donors (Lipinski definition) is 1. The molecule has 84 valence electrons. The van der Waals surface area contributed by atoms with Crippen molar-refractivity contribution in [3.05, 3.63) is 30.5 Å². The summed E-state index contributed by atoms with van der Waals surface area (Å²) in [4.78, 5) is 10.7. The zero-order chi connectivity index (χ0) is 11.5. The normalized spacial score (nSPS) is 10.8. The van der Waals surface area contributed by atoms with Crippen molar-refractivity contribution in [1.82, 2.24) is 4.57 Å². The van der Waals surface area contributed by atoms with Gasteiger partial charge in [0.15, 0.2) is 0 Å². The molecule has 0 aliphatic heterocycles. The molecule has 16 heavy (non-hydrogen) atoms. The van der Waals surface area contributed by atoms with E-state index in [2.05, 4.69) is 0 Å². The molecule has 0 fully saturated rings. The van der Waals surface area contributed by atoms with Crippen LogP contribution in [-0.4, -0.2) is 21.6 Å². The highest BCUT2D eigenvalue weighted by atomic mass is 32.2. The van der Waals surface area contributed by atoms with Gasteiger partial charge in [-0.05, 0) is 0 Å². The van der Waals surface area contributed by atoms with Crippen LogP contribution in [0.4, 0.5) is 4.39 Å². The van der Waals surface area contributed by atoms with Gasteiger partial charge in [-0.15, -0.1) is 0 Å². The van der Waals surface area contributed by atoms with E-state index in [1.165, 1.54) is 0 Å². The number of aromatic nitrogens is 1. The summed E-state index contributed by atoms with van der Waals surface area (Å²) in [5, 5.41) is 11.3. The van der Waals surface area contributed by atoms with Crippen LogP contribution in [0.1, 0.15) is 0 Å². The van der Waals surface area contributed by atoms with E-state index < -0.39 is 12.0 Å². The van der Waals surface area contributed by atoms with Crippen molar-refractivity contribution in [3.8, 4) is 0 Å². The topological polar surface area (TPSA) is 42.2 Å². The molecular weight excluding hydrogens is 229 g/mol. The molecule has 2 rings (SSSR count). The molecule has 0 saturated heterocycles. The minimum absolute atomic E-state index is 0.142. The van der Waals surface area contributed by atoms with Gasteiger partial charge in [0.05, 0.1) is 5.03 Å². The molecule has 0 spiro atoms. The predicted octanol–water partition coefficient (Wildman–Crippen LogP) is 2.75. The van der Waals surface area contributed by atoms with E-state index in [4.69, 9.17) is 5.11 Å². The third kappa shape index (κ3) is 2.04. The Labute approximate surface area is 95.9 Å². The van der Waals surface area contributed by atoms with Gasteiger partial charge in [-0.3, -0.25) is 4.79 Å². The van der Waals surface area contributed by atoms with Crippen LogP contribution in [0.2, 0.25) is 0 Å². The summed E-state index contributed by atoms with van der Waals surface area (Å²) < 4.78 is 14.0. The second kappa shape index (κ2) is 4.57. The average molecular weight is 239 g/mol.